The fraction of sp³-hybridized carbons (Fsp3) is 0.370. The summed E-state index contributed by atoms with van der Waals surface area (Å²) in [6.07, 6.45) is 1.13. The molecule has 4 rings (SSSR count). The number of nitrogen functional groups attached to an aromatic ring is 1. The molecule has 0 spiro atoms. The molecule has 2 aromatic carbocycles. The molecule has 1 saturated heterocycles. The summed E-state index contributed by atoms with van der Waals surface area (Å²) in [6, 6.07) is 20.8. The van der Waals surface area contributed by atoms with Crippen LogP contribution in [0.15, 0.2) is 60.7 Å². The molecule has 0 amide bonds. The second-order valence-corrected chi connectivity index (χ2v) is 8.65. The van der Waals surface area contributed by atoms with Gasteiger partial charge in [-0.05, 0) is 61.2 Å². The van der Waals surface area contributed by atoms with Crippen LogP contribution in [0.5, 0.6) is 5.75 Å². The van der Waals surface area contributed by atoms with Gasteiger partial charge in [0.15, 0.2) is 0 Å². The lowest BCUT2D eigenvalue weighted by molar-refractivity contribution is 0.117. The van der Waals surface area contributed by atoms with Gasteiger partial charge in [0.05, 0.1) is 5.69 Å². The number of benzene rings is 2. The van der Waals surface area contributed by atoms with Crippen molar-refractivity contribution in [2.24, 2.45) is 0 Å². The smallest absolute Gasteiger partial charge is 0.124 e. The Morgan fingerprint density at radius 3 is 2.28 bits per heavy atom. The minimum atomic E-state index is 0.542. The highest BCUT2D eigenvalue weighted by molar-refractivity contribution is 5.67. The zero-order valence-electron chi connectivity index (χ0n) is 19.3. The second kappa shape index (κ2) is 10.6. The lowest BCUT2D eigenvalue weighted by Crippen LogP contribution is -2.47. The largest absolute Gasteiger partial charge is 0.492 e. The summed E-state index contributed by atoms with van der Waals surface area (Å²) in [5.41, 5.74) is 11.6. The average molecular weight is 431 g/mol. The highest BCUT2D eigenvalue weighted by Gasteiger charge is 2.17. The topological polar surface area (TPSA) is 54.6 Å². The molecule has 168 valence electrons. The van der Waals surface area contributed by atoms with Crippen LogP contribution in [0.25, 0.3) is 11.3 Å². The Morgan fingerprint density at radius 2 is 1.56 bits per heavy atom. The quantitative estimate of drug-likeness (QED) is 0.581. The van der Waals surface area contributed by atoms with Gasteiger partial charge in [-0.15, -0.1) is 0 Å². The number of anilines is 1. The number of hydrogen-bond donors (Lipinski definition) is 1. The van der Waals surface area contributed by atoms with Crippen LogP contribution in [0.3, 0.4) is 0 Å². The van der Waals surface area contributed by atoms with Gasteiger partial charge in [0, 0.05) is 44.8 Å². The standard InChI is InChI=1S/C27H34N4O/c1-21-20-26(22(2)19-24(21)25-9-6-10-27(28)29-25)32-18-17-31-15-13-30(14-16-31)12-11-23-7-4-3-5-8-23/h3-10,19-20H,11-18H2,1-2H3,(H2,28,29). The molecular weight excluding hydrogens is 396 g/mol. The molecule has 1 aromatic heterocycles. The molecular formula is C27H34N4O. The molecule has 3 aromatic rings. The second-order valence-electron chi connectivity index (χ2n) is 8.65. The highest BCUT2D eigenvalue weighted by atomic mass is 16.5. The van der Waals surface area contributed by atoms with Crippen LogP contribution in [-0.2, 0) is 6.42 Å². The first-order chi connectivity index (χ1) is 15.6. The van der Waals surface area contributed by atoms with Crippen LogP contribution in [0.4, 0.5) is 5.82 Å². The van der Waals surface area contributed by atoms with Gasteiger partial charge in [0.25, 0.3) is 0 Å². The van der Waals surface area contributed by atoms with Gasteiger partial charge in [-0.2, -0.15) is 0 Å². The number of rotatable bonds is 8. The number of pyridine rings is 1. The predicted octanol–water partition coefficient (Wildman–Crippen LogP) is 4.19. The number of nitrogens with two attached hydrogens (primary N) is 1. The van der Waals surface area contributed by atoms with Gasteiger partial charge in [-0.1, -0.05) is 36.4 Å². The van der Waals surface area contributed by atoms with E-state index in [4.69, 9.17) is 10.5 Å². The first kappa shape index (κ1) is 22.3. The van der Waals surface area contributed by atoms with Crippen molar-refractivity contribution in [2.75, 3.05) is 51.6 Å². The van der Waals surface area contributed by atoms with Crippen LogP contribution in [0.1, 0.15) is 16.7 Å². The van der Waals surface area contributed by atoms with E-state index in [0.717, 1.165) is 73.8 Å². The maximum atomic E-state index is 6.17. The summed E-state index contributed by atoms with van der Waals surface area (Å²) < 4.78 is 6.17. The molecule has 0 radical (unpaired) electrons. The molecule has 32 heavy (non-hydrogen) atoms. The SMILES string of the molecule is Cc1cc(-c2cccc(N)n2)c(C)cc1OCCN1CCN(CCc2ccccc2)CC1. The fourth-order valence-corrected chi connectivity index (χ4v) is 4.28. The van der Waals surface area contributed by atoms with E-state index in [1.807, 2.05) is 18.2 Å². The van der Waals surface area contributed by atoms with E-state index in [1.165, 1.54) is 5.56 Å². The Hall–Kier alpha value is -2.89. The number of ether oxygens (including phenoxy) is 1. The first-order valence-electron chi connectivity index (χ1n) is 11.5. The molecule has 2 heterocycles. The molecule has 2 N–H and O–H groups in total. The molecule has 0 bridgehead atoms. The maximum Gasteiger partial charge on any atom is 0.124 e. The zero-order chi connectivity index (χ0) is 22.3. The van der Waals surface area contributed by atoms with Gasteiger partial charge in [-0.3, -0.25) is 4.90 Å². The summed E-state index contributed by atoms with van der Waals surface area (Å²) in [6.45, 7) is 11.5. The van der Waals surface area contributed by atoms with Crippen molar-refractivity contribution in [1.29, 1.82) is 0 Å². The van der Waals surface area contributed by atoms with E-state index in [-0.39, 0.29) is 0 Å². The van der Waals surface area contributed by atoms with Crippen molar-refractivity contribution >= 4 is 5.82 Å². The van der Waals surface area contributed by atoms with E-state index in [2.05, 4.69) is 71.1 Å². The average Bonchev–Trinajstić information content (AvgIpc) is 2.81. The first-order valence-corrected chi connectivity index (χ1v) is 11.5. The molecule has 1 aliphatic rings. The van der Waals surface area contributed by atoms with Gasteiger partial charge in [-0.25, -0.2) is 4.98 Å². The number of aryl methyl sites for hydroxylation is 2. The minimum absolute atomic E-state index is 0.542. The van der Waals surface area contributed by atoms with Crippen LogP contribution in [0, 0.1) is 13.8 Å². The summed E-state index contributed by atoms with van der Waals surface area (Å²) in [5, 5.41) is 0. The molecule has 5 heteroatoms. The summed E-state index contributed by atoms with van der Waals surface area (Å²) in [7, 11) is 0. The van der Waals surface area contributed by atoms with E-state index in [9.17, 15) is 0 Å². The van der Waals surface area contributed by atoms with Crippen LogP contribution in [0.2, 0.25) is 0 Å². The van der Waals surface area contributed by atoms with Crippen molar-refractivity contribution in [1.82, 2.24) is 14.8 Å². The minimum Gasteiger partial charge on any atom is -0.492 e. The molecule has 1 fully saturated rings. The molecule has 5 nitrogen and oxygen atoms in total. The highest BCUT2D eigenvalue weighted by Crippen LogP contribution is 2.29. The maximum absolute atomic E-state index is 6.17. The van der Waals surface area contributed by atoms with Crippen molar-refractivity contribution in [3.63, 3.8) is 0 Å². The number of hydrogen-bond acceptors (Lipinski definition) is 5. The number of nitrogens with zero attached hydrogens (tertiary/aromatic N) is 3. The molecule has 0 unspecified atom stereocenters. The molecule has 1 aliphatic heterocycles. The lowest BCUT2D eigenvalue weighted by Gasteiger charge is -2.34. The fourth-order valence-electron chi connectivity index (χ4n) is 4.28. The van der Waals surface area contributed by atoms with Crippen LogP contribution in [-0.4, -0.2) is 60.7 Å². The lowest BCUT2D eigenvalue weighted by atomic mass is 10.0. The summed E-state index contributed by atoms with van der Waals surface area (Å²) in [5.74, 6) is 1.50. The predicted molar refractivity (Wildman–Crippen MR) is 132 cm³/mol. The van der Waals surface area contributed by atoms with E-state index >= 15 is 0 Å². The Labute approximate surface area is 191 Å². The number of piperazine rings is 1. The molecule has 0 aliphatic carbocycles. The van der Waals surface area contributed by atoms with Gasteiger partial charge in [0.2, 0.25) is 0 Å². The summed E-state index contributed by atoms with van der Waals surface area (Å²) >= 11 is 0. The normalized spacial score (nSPS) is 15.1. The van der Waals surface area contributed by atoms with Crippen molar-refractivity contribution in [3.8, 4) is 17.0 Å². The van der Waals surface area contributed by atoms with E-state index < -0.39 is 0 Å². The van der Waals surface area contributed by atoms with Crippen LogP contribution >= 0.6 is 0 Å². The van der Waals surface area contributed by atoms with Gasteiger partial charge in [0.1, 0.15) is 18.2 Å². The third kappa shape index (κ3) is 5.87. The van der Waals surface area contributed by atoms with Crippen molar-refractivity contribution < 1.29 is 4.74 Å². The van der Waals surface area contributed by atoms with E-state index in [1.54, 1.807) is 0 Å². The Kier molecular flexibility index (Phi) is 7.40. The van der Waals surface area contributed by atoms with E-state index in [0.29, 0.717) is 12.4 Å². The Morgan fingerprint density at radius 1 is 0.844 bits per heavy atom. The zero-order valence-corrected chi connectivity index (χ0v) is 19.3. The molecule has 0 saturated carbocycles. The van der Waals surface area contributed by atoms with Crippen LogP contribution < -0.4 is 10.5 Å². The third-order valence-corrected chi connectivity index (χ3v) is 6.26. The number of aromatic nitrogens is 1. The van der Waals surface area contributed by atoms with Gasteiger partial charge < -0.3 is 15.4 Å². The third-order valence-electron chi connectivity index (χ3n) is 6.26. The van der Waals surface area contributed by atoms with Crippen molar-refractivity contribution in [3.05, 3.63) is 77.4 Å². The van der Waals surface area contributed by atoms with Gasteiger partial charge >= 0.3 is 0 Å². The Balaban J connectivity index is 1.23. The monoisotopic (exact) mass is 430 g/mol. The molecule has 0 atom stereocenters. The summed E-state index contributed by atoms with van der Waals surface area (Å²) in [4.78, 5) is 9.54. The Bertz CT molecular complexity index is 1010. The van der Waals surface area contributed by atoms with Crippen molar-refractivity contribution in [2.45, 2.75) is 20.3 Å².